The van der Waals surface area contributed by atoms with Crippen LogP contribution in [0, 0.1) is 21.9 Å². The lowest BCUT2D eigenvalue weighted by molar-refractivity contribution is 0.268. The number of aromatic amines is 1. The van der Waals surface area contributed by atoms with Crippen LogP contribution in [0.1, 0.15) is 11.4 Å². The molecule has 0 spiro atoms. The number of nitriles is 1. The summed E-state index contributed by atoms with van der Waals surface area (Å²) in [6.07, 6.45) is 0. The van der Waals surface area contributed by atoms with Crippen LogP contribution in [0.25, 0.3) is 5.69 Å². The summed E-state index contributed by atoms with van der Waals surface area (Å²) in [6.45, 7) is -0.368. The summed E-state index contributed by atoms with van der Waals surface area (Å²) in [4.78, 5) is 0. The number of rotatable bonds is 2. The quantitative estimate of drug-likeness (QED) is 0.790. The lowest BCUT2D eigenvalue weighted by atomic mass is 10.2. The molecule has 0 saturated carbocycles. The molecule has 0 unspecified atom stereocenters. The molecule has 0 aliphatic carbocycles. The highest BCUT2D eigenvalue weighted by Crippen LogP contribution is 2.17. The summed E-state index contributed by atoms with van der Waals surface area (Å²) in [7, 11) is 0. The highest BCUT2D eigenvalue weighted by atomic mass is 32.1. The Morgan fingerprint density at radius 1 is 1.59 bits per heavy atom. The fraction of sp³-hybridized carbons (Fsp3) is 0.100. The largest absolute Gasteiger partial charge is 0.388 e. The third-order valence-electron chi connectivity index (χ3n) is 2.20. The number of hydrogen-bond donors (Lipinski definition) is 2. The van der Waals surface area contributed by atoms with Gasteiger partial charge in [0, 0.05) is 0 Å². The zero-order chi connectivity index (χ0) is 12.4. The van der Waals surface area contributed by atoms with Gasteiger partial charge in [-0.25, -0.2) is 4.39 Å². The van der Waals surface area contributed by atoms with Gasteiger partial charge >= 0.3 is 0 Å². The Balaban J connectivity index is 2.65. The molecule has 7 heteroatoms. The van der Waals surface area contributed by atoms with Gasteiger partial charge in [-0.1, -0.05) is 0 Å². The molecule has 2 N–H and O–H groups in total. The average molecular weight is 250 g/mol. The van der Waals surface area contributed by atoms with Crippen LogP contribution in [0.4, 0.5) is 4.39 Å². The summed E-state index contributed by atoms with van der Waals surface area (Å²) >= 11 is 4.94. The van der Waals surface area contributed by atoms with Gasteiger partial charge < -0.3 is 5.11 Å². The second kappa shape index (κ2) is 4.45. The summed E-state index contributed by atoms with van der Waals surface area (Å²) in [5.41, 5.74) is 0.360. The van der Waals surface area contributed by atoms with Gasteiger partial charge in [0.25, 0.3) is 0 Å². The zero-order valence-corrected chi connectivity index (χ0v) is 9.33. The topological polar surface area (TPSA) is 77.6 Å². The fourth-order valence-corrected chi connectivity index (χ4v) is 1.69. The molecule has 0 fully saturated rings. The van der Waals surface area contributed by atoms with Crippen LogP contribution in [0.15, 0.2) is 18.2 Å². The first-order valence-electron chi connectivity index (χ1n) is 4.64. The van der Waals surface area contributed by atoms with Crippen LogP contribution < -0.4 is 0 Å². The normalized spacial score (nSPS) is 10.2. The van der Waals surface area contributed by atoms with E-state index in [0.717, 1.165) is 6.07 Å². The van der Waals surface area contributed by atoms with E-state index in [1.807, 2.05) is 6.07 Å². The van der Waals surface area contributed by atoms with Crippen molar-refractivity contribution >= 4 is 12.2 Å². The molecular formula is C10H7FN4OS. The highest BCUT2D eigenvalue weighted by molar-refractivity contribution is 7.71. The number of benzene rings is 1. The summed E-state index contributed by atoms with van der Waals surface area (Å²) in [6, 6.07) is 5.82. The molecule has 2 aromatic rings. The van der Waals surface area contributed by atoms with E-state index in [1.165, 1.54) is 16.7 Å². The molecule has 1 aromatic carbocycles. The SMILES string of the molecule is N#Cc1ccc(-n2c(CO)n[nH]c2=S)c(F)c1. The van der Waals surface area contributed by atoms with Crippen molar-refractivity contribution in [3.63, 3.8) is 0 Å². The number of halogens is 1. The van der Waals surface area contributed by atoms with E-state index in [4.69, 9.17) is 22.6 Å². The predicted octanol–water partition coefficient (Wildman–Crippen LogP) is 1.43. The van der Waals surface area contributed by atoms with E-state index in [2.05, 4.69) is 10.2 Å². The van der Waals surface area contributed by atoms with Crippen molar-refractivity contribution in [3.05, 3.63) is 40.2 Å². The summed E-state index contributed by atoms with van der Waals surface area (Å²) in [5.74, 6) is -0.394. The van der Waals surface area contributed by atoms with Crippen LogP contribution in [-0.4, -0.2) is 19.9 Å². The van der Waals surface area contributed by atoms with Crippen molar-refractivity contribution in [2.75, 3.05) is 0 Å². The lowest BCUT2D eigenvalue weighted by Gasteiger charge is -2.06. The standard InChI is InChI=1S/C10H7FN4OS/c11-7-3-6(4-12)1-2-8(7)15-9(5-16)13-14-10(15)17/h1-3,16H,5H2,(H,14,17). The molecule has 0 radical (unpaired) electrons. The minimum absolute atomic E-state index is 0.145. The van der Waals surface area contributed by atoms with Gasteiger partial charge in [0.15, 0.2) is 10.6 Å². The Kier molecular flexibility index (Phi) is 2.99. The Hall–Kier alpha value is -2.04. The highest BCUT2D eigenvalue weighted by Gasteiger charge is 2.11. The van der Waals surface area contributed by atoms with Crippen LogP contribution in [0.5, 0.6) is 0 Å². The van der Waals surface area contributed by atoms with E-state index in [0.29, 0.717) is 0 Å². The molecule has 2 rings (SSSR count). The van der Waals surface area contributed by atoms with Crippen molar-refractivity contribution in [3.8, 4) is 11.8 Å². The second-order valence-corrected chi connectivity index (χ2v) is 3.60. The Morgan fingerprint density at radius 3 is 2.94 bits per heavy atom. The predicted molar refractivity (Wildman–Crippen MR) is 59.3 cm³/mol. The maximum Gasteiger partial charge on any atom is 0.200 e. The first kappa shape index (κ1) is 11.4. The van der Waals surface area contributed by atoms with Crippen molar-refractivity contribution in [2.24, 2.45) is 0 Å². The number of H-pyrrole nitrogens is 1. The summed E-state index contributed by atoms with van der Waals surface area (Å²) in [5, 5.41) is 23.9. The number of nitrogens with one attached hydrogen (secondary N) is 1. The minimum atomic E-state index is -0.601. The Labute approximate surface area is 101 Å². The molecule has 0 atom stereocenters. The van der Waals surface area contributed by atoms with Gasteiger partial charge in [-0.3, -0.25) is 9.67 Å². The van der Waals surface area contributed by atoms with Crippen molar-refractivity contribution in [1.82, 2.24) is 14.8 Å². The van der Waals surface area contributed by atoms with Crippen LogP contribution in [0.2, 0.25) is 0 Å². The molecule has 5 nitrogen and oxygen atoms in total. The first-order chi connectivity index (χ1) is 8.17. The van der Waals surface area contributed by atoms with Gasteiger partial charge in [0.1, 0.15) is 12.4 Å². The van der Waals surface area contributed by atoms with Gasteiger partial charge in [0.2, 0.25) is 0 Å². The van der Waals surface area contributed by atoms with Crippen LogP contribution >= 0.6 is 12.2 Å². The van der Waals surface area contributed by atoms with Crippen molar-refractivity contribution in [1.29, 1.82) is 5.26 Å². The first-order valence-corrected chi connectivity index (χ1v) is 5.05. The van der Waals surface area contributed by atoms with E-state index in [-0.39, 0.29) is 28.5 Å². The number of aliphatic hydroxyl groups is 1. The summed E-state index contributed by atoms with van der Waals surface area (Å²) < 4.78 is 15.2. The smallest absolute Gasteiger partial charge is 0.200 e. The van der Waals surface area contributed by atoms with Crippen molar-refractivity contribution in [2.45, 2.75) is 6.61 Å². The molecule has 1 heterocycles. The monoisotopic (exact) mass is 250 g/mol. The molecule has 17 heavy (non-hydrogen) atoms. The number of aromatic nitrogens is 3. The second-order valence-electron chi connectivity index (χ2n) is 3.22. The lowest BCUT2D eigenvalue weighted by Crippen LogP contribution is -2.04. The number of nitrogens with zero attached hydrogens (tertiary/aromatic N) is 3. The third kappa shape index (κ3) is 1.95. The molecule has 1 aromatic heterocycles. The van der Waals surface area contributed by atoms with E-state index in [1.54, 1.807) is 0 Å². The number of aliphatic hydroxyl groups excluding tert-OH is 1. The average Bonchev–Trinajstić information content (AvgIpc) is 2.70. The van der Waals surface area contributed by atoms with E-state index >= 15 is 0 Å². The Morgan fingerprint density at radius 2 is 2.35 bits per heavy atom. The van der Waals surface area contributed by atoms with Gasteiger partial charge in [-0.2, -0.15) is 10.4 Å². The maximum absolute atomic E-state index is 13.8. The van der Waals surface area contributed by atoms with Crippen molar-refractivity contribution < 1.29 is 9.50 Å². The molecule has 0 aliphatic rings. The molecule has 86 valence electrons. The molecule has 0 amide bonds. The van der Waals surface area contributed by atoms with Gasteiger partial charge in [0.05, 0.1) is 17.3 Å². The van der Waals surface area contributed by atoms with Crippen LogP contribution in [-0.2, 0) is 6.61 Å². The van der Waals surface area contributed by atoms with E-state index < -0.39 is 5.82 Å². The molecule has 0 saturated heterocycles. The zero-order valence-electron chi connectivity index (χ0n) is 8.51. The molecular weight excluding hydrogens is 243 g/mol. The minimum Gasteiger partial charge on any atom is -0.388 e. The van der Waals surface area contributed by atoms with E-state index in [9.17, 15) is 4.39 Å². The fourth-order valence-electron chi connectivity index (χ4n) is 1.44. The third-order valence-corrected chi connectivity index (χ3v) is 2.47. The molecule has 0 aliphatic heterocycles. The maximum atomic E-state index is 13.8. The van der Waals surface area contributed by atoms with Gasteiger partial charge in [-0.15, -0.1) is 0 Å². The van der Waals surface area contributed by atoms with Gasteiger partial charge in [-0.05, 0) is 30.4 Å². The number of hydrogen-bond acceptors (Lipinski definition) is 4. The van der Waals surface area contributed by atoms with Crippen LogP contribution in [0.3, 0.4) is 0 Å². The molecule has 0 bridgehead atoms. The Bertz CT molecular complexity index is 655.